The maximum Gasteiger partial charge on any atom is 0.135 e. The molecule has 0 bridgehead atoms. The topological polar surface area (TPSA) is 26.3 Å². The van der Waals surface area contributed by atoms with Crippen LogP contribution in [0.3, 0.4) is 0 Å². The molecule has 0 spiro atoms. The molecule has 0 saturated heterocycles. The van der Waals surface area contributed by atoms with Gasteiger partial charge in [-0.25, -0.2) is 0 Å². The average molecular weight is 463 g/mol. The van der Waals surface area contributed by atoms with Gasteiger partial charge in [0.05, 0.1) is 0 Å². The van der Waals surface area contributed by atoms with E-state index >= 15 is 0 Å². The second kappa shape index (κ2) is 8.44. The van der Waals surface area contributed by atoms with Crippen molar-refractivity contribution in [2.24, 2.45) is 0 Å². The molecule has 7 aromatic rings. The molecule has 170 valence electrons. The fraction of sp³-hybridized carbons (Fsp3) is 0. The summed E-state index contributed by atoms with van der Waals surface area (Å²) in [5, 5.41) is 3.62. The van der Waals surface area contributed by atoms with Crippen LogP contribution in [0.5, 0.6) is 0 Å². The SMILES string of the molecule is c1ccc2oc(-c3ccc(-c4ccc(-c5ccc(-c6cccc7ccccc67)cc5)o4)cc3)cc2c1. The van der Waals surface area contributed by atoms with Crippen molar-refractivity contribution >= 4 is 21.7 Å². The lowest BCUT2D eigenvalue weighted by Gasteiger charge is -2.07. The maximum absolute atomic E-state index is 6.24. The Kier molecular flexibility index (Phi) is 4.82. The minimum atomic E-state index is 0.847. The van der Waals surface area contributed by atoms with Gasteiger partial charge in [0.15, 0.2) is 0 Å². The molecular formula is C34H22O2. The molecule has 0 aliphatic rings. The van der Waals surface area contributed by atoms with Crippen LogP contribution in [0.2, 0.25) is 0 Å². The first-order valence-electron chi connectivity index (χ1n) is 12.1. The van der Waals surface area contributed by atoms with Gasteiger partial charge in [-0.3, -0.25) is 0 Å². The number of rotatable bonds is 4. The van der Waals surface area contributed by atoms with Gasteiger partial charge in [0.25, 0.3) is 0 Å². The molecule has 2 heterocycles. The van der Waals surface area contributed by atoms with Crippen molar-refractivity contribution in [1.29, 1.82) is 0 Å². The Bertz CT molecular complexity index is 1780. The van der Waals surface area contributed by atoms with E-state index in [1.165, 1.54) is 21.9 Å². The summed E-state index contributed by atoms with van der Waals surface area (Å²) in [7, 11) is 0. The molecule has 36 heavy (non-hydrogen) atoms. The predicted molar refractivity (Wildman–Crippen MR) is 148 cm³/mol. The predicted octanol–water partition coefficient (Wildman–Crippen LogP) is 9.85. The Balaban J connectivity index is 1.15. The molecule has 0 aliphatic heterocycles. The van der Waals surface area contributed by atoms with E-state index in [0.29, 0.717) is 0 Å². The Morgan fingerprint density at radius 3 is 1.61 bits per heavy atom. The van der Waals surface area contributed by atoms with Gasteiger partial charge in [-0.2, -0.15) is 0 Å². The Hall–Kier alpha value is -4.82. The van der Waals surface area contributed by atoms with E-state index in [9.17, 15) is 0 Å². The van der Waals surface area contributed by atoms with E-state index < -0.39 is 0 Å². The smallest absolute Gasteiger partial charge is 0.135 e. The number of furan rings is 2. The van der Waals surface area contributed by atoms with Gasteiger partial charge < -0.3 is 8.83 Å². The van der Waals surface area contributed by atoms with Crippen LogP contribution in [-0.2, 0) is 0 Å². The summed E-state index contributed by atoms with van der Waals surface area (Å²) in [6.45, 7) is 0. The second-order valence-corrected chi connectivity index (χ2v) is 8.99. The van der Waals surface area contributed by atoms with E-state index in [1.54, 1.807) is 0 Å². The van der Waals surface area contributed by atoms with Crippen LogP contribution in [0.15, 0.2) is 142 Å². The maximum atomic E-state index is 6.24. The van der Waals surface area contributed by atoms with Gasteiger partial charge in [0.2, 0.25) is 0 Å². The Morgan fingerprint density at radius 2 is 0.917 bits per heavy atom. The van der Waals surface area contributed by atoms with Crippen LogP contribution in [0, 0.1) is 0 Å². The molecule has 0 aliphatic carbocycles. The molecule has 2 heteroatoms. The first-order valence-corrected chi connectivity index (χ1v) is 12.1. The molecule has 0 N–H and O–H groups in total. The zero-order chi connectivity index (χ0) is 23.9. The highest BCUT2D eigenvalue weighted by atomic mass is 16.3. The van der Waals surface area contributed by atoms with Crippen molar-refractivity contribution in [3.63, 3.8) is 0 Å². The van der Waals surface area contributed by atoms with Crippen molar-refractivity contribution in [3.8, 4) is 45.1 Å². The van der Waals surface area contributed by atoms with E-state index in [1.807, 2.05) is 30.3 Å². The number of para-hydroxylation sites is 1. The average Bonchev–Trinajstić information content (AvgIpc) is 3.61. The van der Waals surface area contributed by atoms with Gasteiger partial charge in [-0.15, -0.1) is 0 Å². The van der Waals surface area contributed by atoms with Crippen LogP contribution in [0.25, 0.3) is 66.8 Å². The zero-order valence-electron chi connectivity index (χ0n) is 19.5. The van der Waals surface area contributed by atoms with Crippen molar-refractivity contribution in [2.45, 2.75) is 0 Å². The standard InChI is InChI=1S/C34H22O2/c1-3-9-29-23(6-1)8-5-10-30(29)24-12-14-25(15-13-24)32-20-21-33(35-32)26-16-18-27(19-17-26)34-22-28-7-2-4-11-31(28)36-34/h1-22H. The minimum absolute atomic E-state index is 0.847. The third-order valence-electron chi connectivity index (χ3n) is 6.76. The molecular weight excluding hydrogens is 440 g/mol. The summed E-state index contributed by atoms with van der Waals surface area (Å²) >= 11 is 0. The molecule has 0 fully saturated rings. The van der Waals surface area contributed by atoms with E-state index in [0.717, 1.165) is 44.9 Å². The van der Waals surface area contributed by atoms with Crippen molar-refractivity contribution < 1.29 is 8.83 Å². The summed E-state index contributed by atoms with van der Waals surface area (Å²) < 4.78 is 12.2. The Morgan fingerprint density at radius 1 is 0.361 bits per heavy atom. The molecule has 0 amide bonds. The zero-order valence-corrected chi connectivity index (χ0v) is 19.5. The summed E-state index contributed by atoms with van der Waals surface area (Å²) in [6.07, 6.45) is 0. The molecule has 0 atom stereocenters. The molecule has 0 unspecified atom stereocenters. The highest BCUT2D eigenvalue weighted by Crippen LogP contribution is 2.34. The van der Waals surface area contributed by atoms with Gasteiger partial charge in [-0.1, -0.05) is 109 Å². The first kappa shape index (κ1) is 20.5. The third kappa shape index (κ3) is 3.60. The lowest BCUT2D eigenvalue weighted by Crippen LogP contribution is -1.82. The van der Waals surface area contributed by atoms with E-state index in [-0.39, 0.29) is 0 Å². The van der Waals surface area contributed by atoms with Crippen LogP contribution < -0.4 is 0 Å². The number of hydrogen-bond donors (Lipinski definition) is 0. The fourth-order valence-electron chi connectivity index (χ4n) is 4.86. The third-order valence-corrected chi connectivity index (χ3v) is 6.76. The van der Waals surface area contributed by atoms with Crippen molar-refractivity contribution in [2.75, 3.05) is 0 Å². The van der Waals surface area contributed by atoms with Crippen molar-refractivity contribution in [1.82, 2.24) is 0 Å². The first-order chi connectivity index (χ1) is 17.8. The van der Waals surface area contributed by atoms with Crippen LogP contribution in [0.4, 0.5) is 0 Å². The van der Waals surface area contributed by atoms with Crippen LogP contribution in [-0.4, -0.2) is 0 Å². The highest BCUT2D eigenvalue weighted by molar-refractivity contribution is 5.96. The van der Waals surface area contributed by atoms with Gasteiger partial charge in [-0.05, 0) is 46.2 Å². The summed E-state index contributed by atoms with van der Waals surface area (Å²) in [6, 6.07) is 46.1. The highest BCUT2D eigenvalue weighted by Gasteiger charge is 2.10. The second-order valence-electron chi connectivity index (χ2n) is 8.99. The molecule has 5 aromatic carbocycles. The minimum Gasteiger partial charge on any atom is -0.456 e. The molecule has 0 saturated carbocycles. The molecule has 7 rings (SSSR count). The van der Waals surface area contributed by atoms with Crippen molar-refractivity contribution in [3.05, 3.63) is 133 Å². The fourth-order valence-corrected chi connectivity index (χ4v) is 4.86. The number of hydrogen-bond acceptors (Lipinski definition) is 2. The molecule has 2 nitrogen and oxygen atoms in total. The largest absolute Gasteiger partial charge is 0.456 e. The van der Waals surface area contributed by atoms with Crippen LogP contribution >= 0.6 is 0 Å². The summed E-state index contributed by atoms with van der Waals surface area (Å²) in [5.41, 5.74) is 6.48. The molecule has 2 aromatic heterocycles. The number of benzene rings is 5. The normalized spacial score (nSPS) is 11.3. The quantitative estimate of drug-likeness (QED) is 0.260. The number of fused-ring (bicyclic) bond motifs is 2. The monoisotopic (exact) mass is 462 g/mol. The Labute approximate surface area is 209 Å². The summed E-state index contributed by atoms with van der Waals surface area (Å²) in [4.78, 5) is 0. The lowest BCUT2D eigenvalue weighted by molar-refractivity contribution is 0.597. The van der Waals surface area contributed by atoms with E-state index in [4.69, 9.17) is 8.83 Å². The van der Waals surface area contributed by atoms with E-state index in [2.05, 4.69) is 103 Å². The van der Waals surface area contributed by atoms with Gasteiger partial charge >= 0.3 is 0 Å². The lowest BCUT2D eigenvalue weighted by atomic mass is 9.97. The van der Waals surface area contributed by atoms with Gasteiger partial charge in [0, 0.05) is 22.1 Å². The van der Waals surface area contributed by atoms with Gasteiger partial charge in [0.1, 0.15) is 22.9 Å². The molecule has 0 radical (unpaired) electrons. The van der Waals surface area contributed by atoms with Crippen LogP contribution in [0.1, 0.15) is 0 Å². The summed E-state index contributed by atoms with van der Waals surface area (Å²) in [5.74, 6) is 2.57.